The van der Waals surface area contributed by atoms with Crippen molar-refractivity contribution in [1.82, 2.24) is 29.9 Å². The van der Waals surface area contributed by atoms with Crippen LogP contribution in [0.5, 0.6) is 0 Å². The molecule has 0 saturated heterocycles. The molecule has 0 radical (unpaired) electrons. The summed E-state index contributed by atoms with van der Waals surface area (Å²) in [6.45, 7) is 8.87. The van der Waals surface area contributed by atoms with E-state index in [0.717, 1.165) is 37.4 Å². The fourth-order valence-electron chi connectivity index (χ4n) is 1.93. The summed E-state index contributed by atoms with van der Waals surface area (Å²) >= 11 is 0. The van der Waals surface area contributed by atoms with Gasteiger partial charge in [0.1, 0.15) is 6.33 Å². The van der Waals surface area contributed by atoms with Crippen molar-refractivity contribution in [3.63, 3.8) is 0 Å². The van der Waals surface area contributed by atoms with Crippen LogP contribution < -0.4 is 5.32 Å². The van der Waals surface area contributed by atoms with Crippen LogP contribution in [0.3, 0.4) is 0 Å². The summed E-state index contributed by atoms with van der Waals surface area (Å²) in [5.74, 6) is 0.833. The molecule has 0 aliphatic rings. The molecule has 0 spiro atoms. The van der Waals surface area contributed by atoms with Crippen LogP contribution in [-0.4, -0.2) is 31.1 Å². The Bertz CT molecular complexity index is 515. The van der Waals surface area contributed by atoms with Crippen molar-refractivity contribution in [1.29, 1.82) is 0 Å². The van der Waals surface area contributed by atoms with Gasteiger partial charge in [-0.1, -0.05) is 13.8 Å². The average molecular weight is 276 g/mol. The lowest BCUT2D eigenvalue weighted by Crippen LogP contribution is -2.15. The third-order valence-electron chi connectivity index (χ3n) is 3.32. The van der Waals surface area contributed by atoms with E-state index in [4.69, 9.17) is 0 Å². The lowest BCUT2D eigenvalue weighted by atomic mass is 10.3. The standard InChI is InChI=1S/C14H24N6/c1-4-7-15-9-14-16-11-19(18-14)10-13-6-8-20(17-13)12(3)5-2/h6,8,11-12,15H,4-5,7,9-10H2,1-3H3. The quantitative estimate of drug-likeness (QED) is 0.749. The zero-order chi connectivity index (χ0) is 14.4. The Morgan fingerprint density at radius 2 is 2.15 bits per heavy atom. The van der Waals surface area contributed by atoms with Gasteiger partial charge in [0.15, 0.2) is 5.82 Å². The molecule has 0 aliphatic heterocycles. The van der Waals surface area contributed by atoms with E-state index < -0.39 is 0 Å². The molecule has 0 aliphatic carbocycles. The first kappa shape index (κ1) is 14.7. The molecule has 2 rings (SSSR count). The minimum atomic E-state index is 0.438. The van der Waals surface area contributed by atoms with Crippen LogP contribution in [0.25, 0.3) is 0 Å². The van der Waals surface area contributed by atoms with Crippen molar-refractivity contribution in [2.45, 2.75) is 52.7 Å². The van der Waals surface area contributed by atoms with Crippen LogP contribution in [0.4, 0.5) is 0 Å². The van der Waals surface area contributed by atoms with Crippen molar-refractivity contribution in [2.24, 2.45) is 0 Å². The number of nitrogens with one attached hydrogen (secondary N) is 1. The third kappa shape index (κ3) is 3.90. The Labute approximate surface area is 120 Å². The van der Waals surface area contributed by atoms with E-state index in [9.17, 15) is 0 Å². The maximum atomic E-state index is 4.57. The average Bonchev–Trinajstić information content (AvgIpc) is 3.08. The van der Waals surface area contributed by atoms with Crippen LogP contribution in [-0.2, 0) is 13.1 Å². The Morgan fingerprint density at radius 3 is 2.90 bits per heavy atom. The van der Waals surface area contributed by atoms with Gasteiger partial charge in [-0.05, 0) is 32.4 Å². The number of hydrogen-bond donors (Lipinski definition) is 1. The summed E-state index contributed by atoms with van der Waals surface area (Å²) in [7, 11) is 0. The number of aromatic nitrogens is 5. The van der Waals surface area contributed by atoms with Crippen molar-refractivity contribution in [2.75, 3.05) is 6.54 Å². The van der Waals surface area contributed by atoms with Crippen LogP contribution in [0, 0.1) is 0 Å². The maximum absolute atomic E-state index is 4.57. The van der Waals surface area contributed by atoms with Crippen LogP contribution >= 0.6 is 0 Å². The van der Waals surface area contributed by atoms with Gasteiger partial charge >= 0.3 is 0 Å². The van der Waals surface area contributed by atoms with E-state index in [1.807, 2.05) is 21.6 Å². The molecular formula is C14H24N6. The lowest BCUT2D eigenvalue weighted by Gasteiger charge is -2.08. The minimum Gasteiger partial charge on any atom is -0.310 e. The van der Waals surface area contributed by atoms with Crippen LogP contribution in [0.2, 0.25) is 0 Å². The third-order valence-corrected chi connectivity index (χ3v) is 3.32. The summed E-state index contributed by atoms with van der Waals surface area (Å²) in [5, 5.41) is 12.3. The Balaban J connectivity index is 1.91. The van der Waals surface area contributed by atoms with E-state index in [1.165, 1.54) is 0 Å². The minimum absolute atomic E-state index is 0.438. The SMILES string of the molecule is CCCNCc1ncn(Cc2ccn(C(C)CC)n2)n1. The normalized spacial score (nSPS) is 12.8. The zero-order valence-corrected chi connectivity index (χ0v) is 12.6. The molecule has 0 amide bonds. The highest BCUT2D eigenvalue weighted by atomic mass is 15.4. The van der Waals surface area contributed by atoms with Gasteiger partial charge in [0.05, 0.1) is 18.8 Å². The molecule has 0 saturated carbocycles. The molecule has 6 nitrogen and oxygen atoms in total. The summed E-state index contributed by atoms with van der Waals surface area (Å²) in [5.41, 5.74) is 1.02. The number of hydrogen-bond acceptors (Lipinski definition) is 4. The fraction of sp³-hybridized carbons (Fsp3) is 0.643. The highest BCUT2D eigenvalue weighted by Gasteiger charge is 2.06. The molecule has 1 atom stereocenters. The Hall–Kier alpha value is -1.69. The zero-order valence-electron chi connectivity index (χ0n) is 12.6. The molecule has 1 unspecified atom stereocenters. The van der Waals surface area contributed by atoms with Gasteiger partial charge in [0, 0.05) is 12.2 Å². The topological polar surface area (TPSA) is 60.6 Å². The first-order valence-corrected chi connectivity index (χ1v) is 7.36. The summed E-state index contributed by atoms with van der Waals surface area (Å²) in [4.78, 5) is 4.30. The first-order chi connectivity index (χ1) is 9.72. The van der Waals surface area contributed by atoms with E-state index >= 15 is 0 Å². The Morgan fingerprint density at radius 1 is 1.30 bits per heavy atom. The second-order valence-corrected chi connectivity index (χ2v) is 5.08. The molecule has 2 aromatic rings. The predicted octanol–water partition coefficient (Wildman–Crippen LogP) is 1.99. The number of nitrogens with zero attached hydrogens (tertiary/aromatic N) is 5. The summed E-state index contributed by atoms with van der Waals surface area (Å²) in [6.07, 6.45) is 6.00. The van der Waals surface area contributed by atoms with E-state index in [2.05, 4.69) is 41.3 Å². The lowest BCUT2D eigenvalue weighted by molar-refractivity contribution is 0.470. The van der Waals surface area contributed by atoms with Gasteiger partial charge in [-0.2, -0.15) is 10.2 Å². The molecule has 0 fully saturated rings. The number of rotatable bonds is 8. The summed E-state index contributed by atoms with van der Waals surface area (Å²) < 4.78 is 3.85. The van der Waals surface area contributed by atoms with Crippen molar-refractivity contribution in [3.8, 4) is 0 Å². The molecule has 1 N–H and O–H groups in total. The molecular weight excluding hydrogens is 252 g/mol. The second kappa shape index (κ2) is 7.19. The highest BCUT2D eigenvalue weighted by Crippen LogP contribution is 2.09. The molecule has 2 aromatic heterocycles. The van der Waals surface area contributed by atoms with Gasteiger partial charge in [-0.25, -0.2) is 9.67 Å². The maximum Gasteiger partial charge on any atom is 0.164 e. The van der Waals surface area contributed by atoms with Crippen molar-refractivity contribution in [3.05, 3.63) is 30.1 Å². The molecule has 2 heterocycles. The monoisotopic (exact) mass is 276 g/mol. The fourth-order valence-corrected chi connectivity index (χ4v) is 1.93. The van der Waals surface area contributed by atoms with E-state index in [-0.39, 0.29) is 0 Å². The molecule has 20 heavy (non-hydrogen) atoms. The van der Waals surface area contributed by atoms with Gasteiger partial charge in [-0.15, -0.1) is 0 Å². The van der Waals surface area contributed by atoms with Gasteiger partial charge < -0.3 is 5.32 Å². The first-order valence-electron chi connectivity index (χ1n) is 7.36. The largest absolute Gasteiger partial charge is 0.310 e. The Kier molecular flexibility index (Phi) is 5.29. The van der Waals surface area contributed by atoms with E-state index in [0.29, 0.717) is 12.6 Å². The van der Waals surface area contributed by atoms with Gasteiger partial charge in [0.2, 0.25) is 0 Å². The van der Waals surface area contributed by atoms with Gasteiger partial charge in [-0.3, -0.25) is 4.68 Å². The molecule has 0 bridgehead atoms. The van der Waals surface area contributed by atoms with Crippen LogP contribution in [0.15, 0.2) is 18.6 Å². The smallest absolute Gasteiger partial charge is 0.164 e. The van der Waals surface area contributed by atoms with E-state index in [1.54, 1.807) is 6.33 Å². The van der Waals surface area contributed by atoms with Crippen molar-refractivity contribution < 1.29 is 0 Å². The molecule has 110 valence electrons. The molecule has 0 aromatic carbocycles. The highest BCUT2D eigenvalue weighted by molar-refractivity contribution is 5.00. The van der Waals surface area contributed by atoms with Gasteiger partial charge in [0.25, 0.3) is 0 Å². The van der Waals surface area contributed by atoms with Crippen molar-refractivity contribution >= 4 is 0 Å². The van der Waals surface area contributed by atoms with Crippen LogP contribution in [0.1, 0.15) is 51.2 Å². The second-order valence-electron chi connectivity index (χ2n) is 5.08. The predicted molar refractivity (Wildman–Crippen MR) is 78.4 cm³/mol. The molecule has 6 heteroatoms. The summed E-state index contributed by atoms with van der Waals surface area (Å²) in [6, 6.07) is 2.48.